The molecule has 0 aliphatic carbocycles. The van der Waals surface area contributed by atoms with Crippen LogP contribution in [0.2, 0.25) is 5.02 Å². The summed E-state index contributed by atoms with van der Waals surface area (Å²) >= 11 is 5.97. The highest BCUT2D eigenvalue weighted by Gasteiger charge is 2.16. The van der Waals surface area contributed by atoms with E-state index < -0.39 is 5.82 Å². The van der Waals surface area contributed by atoms with E-state index in [-0.39, 0.29) is 30.9 Å². The Balaban J connectivity index is 2.16. The molecule has 5 nitrogen and oxygen atoms in total. The van der Waals surface area contributed by atoms with Gasteiger partial charge >= 0.3 is 0 Å². The normalized spacial score (nSPS) is 10.9. The fourth-order valence-electron chi connectivity index (χ4n) is 3.06. The minimum atomic E-state index is -0.503. The Hall–Kier alpha value is -2.70. The number of aromatic nitrogens is 2. The second-order valence-electron chi connectivity index (χ2n) is 6.34. The van der Waals surface area contributed by atoms with Crippen molar-refractivity contribution in [2.75, 3.05) is 13.7 Å². The van der Waals surface area contributed by atoms with Crippen LogP contribution in [0.15, 0.2) is 47.3 Å². The van der Waals surface area contributed by atoms with Gasteiger partial charge in [0.1, 0.15) is 5.82 Å². The van der Waals surface area contributed by atoms with Crippen molar-refractivity contribution >= 4 is 11.6 Å². The maximum atomic E-state index is 14.1. The topological polar surface area (TPSA) is 64.3 Å². The molecule has 1 N–H and O–H groups in total. The van der Waals surface area contributed by atoms with Crippen LogP contribution in [0.3, 0.4) is 0 Å². The molecular weight excluding hydrogens is 383 g/mol. The lowest BCUT2D eigenvalue weighted by molar-refractivity contribution is 0.298. The summed E-state index contributed by atoms with van der Waals surface area (Å²) in [4.78, 5) is 17.7. The van der Waals surface area contributed by atoms with E-state index in [2.05, 4.69) is 4.98 Å². The summed E-state index contributed by atoms with van der Waals surface area (Å²) in [5.41, 5.74) is 2.04. The van der Waals surface area contributed by atoms with E-state index in [9.17, 15) is 14.3 Å². The number of aliphatic hydroxyl groups is 1. The van der Waals surface area contributed by atoms with Crippen molar-refractivity contribution in [1.82, 2.24) is 9.55 Å². The van der Waals surface area contributed by atoms with Crippen LogP contribution in [0.1, 0.15) is 16.8 Å². The van der Waals surface area contributed by atoms with E-state index >= 15 is 0 Å². The quantitative estimate of drug-likeness (QED) is 0.684. The molecule has 1 heterocycles. The van der Waals surface area contributed by atoms with Crippen molar-refractivity contribution in [3.8, 4) is 17.1 Å². The molecule has 3 rings (SSSR count). The van der Waals surface area contributed by atoms with E-state index in [4.69, 9.17) is 16.3 Å². The van der Waals surface area contributed by atoms with Crippen molar-refractivity contribution in [3.05, 3.63) is 80.5 Å². The largest absolute Gasteiger partial charge is 0.494 e. The highest BCUT2D eigenvalue weighted by Crippen LogP contribution is 2.23. The molecule has 2 aromatic carbocycles. The number of hydrogen-bond donors (Lipinski definition) is 1. The monoisotopic (exact) mass is 402 g/mol. The van der Waals surface area contributed by atoms with E-state index in [1.165, 1.54) is 23.8 Å². The third-order valence-corrected chi connectivity index (χ3v) is 4.74. The predicted octanol–water partition coefficient (Wildman–Crippen LogP) is 3.60. The first-order chi connectivity index (χ1) is 13.4. The minimum Gasteiger partial charge on any atom is -0.494 e. The van der Waals surface area contributed by atoms with Crippen molar-refractivity contribution < 1.29 is 14.2 Å². The molecule has 28 heavy (non-hydrogen) atoms. The Morgan fingerprint density at radius 3 is 2.54 bits per heavy atom. The number of ether oxygens (including phenoxy) is 1. The lowest BCUT2D eigenvalue weighted by Gasteiger charge is -2.16. The average molecular weight is 403 g/mol. The highest BCUT2D eigenvalue weighted by molar-refractivity contribution is 6.30. The summed E-state index contributed by atoms with van der Waals surface area (Å²) in [5, 5.41) is 9.88. The lowest BCUT2D eigenvalue weighted by atomic mass is 10.1. The number of aryl methyl sites for hydroxylation is 1. The summed E-state index contributed by atoms with van der Waals surface area (Å²) < 4.78 is 20.5. The van der Waals surface area contributed by atoms with Crippen LogP contribution < -0.4 is 10.3 Å². The van der Waals surface area contributed by atoms with Crippen molar-refractivity contribution in [1.29, 1.82) is 0 Å². The number of hydrogen-bond acceptors (Lipinski definition) is 4. The summed E-state index contributed by atoms with van der Waals surface area (Å²) in [5.74, 6) is 0.0887. The second kappa shape index (κ2) is 8.54. The maximum Gasteiger partial charge on any atom is 0.257 e. The zero-order valence-corrected chi connectivity index (χ0v) is 16.3. The van der Waals surface area contributed by atoms with Crippen LogP contribution in [0.5, 0.6) is 5.75 Å². The number of halogens is 2. The van der Waals surface area contributed by atoms with Crippen LogP contribution in [-0.4, -0.2) is 28.4 Å². The minimum absolute atomic E-state index is 0.128. The van der Waals surface area contributed by atoms with Gasteiger partial charge in [-0.05, 0) is 48.9 Å². The van der Waals surface area contributed by atoms with E-state index in [0.717, 1.165) is 0 Å². The number of methoxy groups -OCH3 is 1. The van der Waals surface area contributed by atoms with Crippen molar-refractivity contribution in [3.63, 3.8) is 0 Å². The maximum absolute atomic E-state index is 14.1. The van der Waals surface area contributed by atoms with Gasteiger partial charge in [0.2, 0.25) is 0 Å². The average Bonchev–Trinajstić information content (AvgIpc) is 2.68. The van der Waals surface area contributed by atoms with Gasteiger partial charge in [-0.3, -0.25) is 9.36 Å². The molecule has 0 aliphatic heterocycles. The Labute approximate surface area is 167 Å². The Morgan fingerprint density at radius 1 is 1.21 bits per heavy atom. The standard InChI is InChI=1S/C21H20ClFN2O3/c1-13-17(9-10-26)21(27)25(12-14-3-8-19(28-2)18(23)11-14)20(24-13)15-4-6-16(22)7-5-15/h3-8,11,26H,9-10,12H2,1-2H3. The molecule has 0 spiro atoms. The molecule has 0 bridgehead atoms. The molecule has 0 amide bonds. The van der Waals surface area contributed by atoms with Crippen LogP contribution in [0, 0.1) is 12.7 Å². The third kappa shape index (κ3) is 4.08. The van der Waals surface area contributed by atoms with Gasteiger partial charge in [-0.2, -0.15) is 0 Å². The fraction of sp³-hybridized carbons (Fsp3) is 0.238. The van der Waals surface area contributed by atoms with Gasteiger partial charge in [0.25, 0.3) is 5.56 Å². The summed E-state index contributed by atoms with van der Waals surface area (Å²) in [6.07, 6.45) is 0.204. The van der Waals surface area contributed by atoms with E-state index in [1.54, 1.807) is 37.3 Å². The van der Waals surface area contributed by atoms with Crippen LogP contribution in [0.4, 0.5) is 4.39 Å². The molecule has 3 aromatic rings. The van der Waals surface area contributed by atoms with E-state index in [0.29, 0.717) is 33.2 Å². The van der Waals surface area contributed by atoms with Crippen LogP contribution in [0.25, 0.3) is 11.4 Å². The molecule has 0 atom stereocenters. The Bertz CT molecular complexity index is 1050. The molecule has 0 saturated carbocycles. The zero-order valence-electron chi connectivity index (χ0n) is 15.6. The van der Waals surface area contributed by atoms with Crippen LogP contribution >= 0.6 is 11.6 Å². The van der Waals surface area contributed by atoms with Gasteiger partial charge in [0, 0.05) is 34.9 Å². The van der Waals surface area contributed by atoms with Gasteiger partial charge in [0.05, 0.1) is 13.7 Å². The summed E-state index contributed by atoms with van der Waals surface area (Å²) in [6, 6.07) is 11.6. The first kappa shape index (κ1) is 20.0. The molecule has 7 heteroatoms. The van der Waals surface area contributed by atoms with Crippen molar-refractivity contribution in [2.24, 2.45) is 0 Å². The van der Waals surface area contributed by atoms with Gasteiger partial charge < -0.3 is 9.84 Å². The molecule has 0 unspecified atom stereocenters. The second-order valence-corrected chi connectivity index (χ2v) is 6.78. The number of benzene rings is 2. The van der Waals surface area contributed by atoms with Crippen molar-refractivity contribution in [2.45, 2.75) is 19.9 Å². The van der Waals surface area contributed by atoms with Crippen LogP contribution in [-0.2, 0) is 13.0 Å². The van der Waals surface area contributed by atoms with Gasteiger partial charge in [-0.15, -0.1) is 0 Å². The Kier molecular flexibility index (Phi) is 6.11. The predicted molar refractivity (Wildman–Crippen MR) is 107 cm³/mol. The highest BCUT2D eigenvalue weighted by atomic mass is 35.5. The number of nitrogens with zero attached hydrogens (tertiary/aromatic N) is 2. The number of rotatable bonds is 6. The summed E-state index contributed by atoms with van der Waals surface area (Å²) in [6.45, 7) is 1.71. The molecule has 0 aliphatic rings. The first-order valence-electron chi connectivity index (χ1n) is 8.74. The third-order valence-electron chi connectivity index (χ3n) is 4.49. The smallest absolute Gasteiger partial charge is 0.257 e. The number of aliphatic hydroxyl groups excluding tert-OH is 1. The van der Waals surface area contributed by atoms with E-state index in [1.807, 2.05) is 0 Å². The summed E-state index contributed by atoms with van der Waals surface area (Å²) in [7, 11) is 1.40. The van der Waals surface area contributed by atoms with Gasteiger partial charge in [-0.25, -0.2) is 9.37 Å². The molecular formula is C21H20ClFN2O3. The molecule has 0 fully saturated rings. The first-order valence-corrected chi connectivity index (χ1v) is 9.12. The SMILES string of the molecule is COc1ccc(Cn2c(-c3ccc(Cl)cc3)nc(C)c(CCO)c2=O)cc1F. The zero-order chi connectivity index (χ0) is 20.3. The van der Waals surface area contributed by atoms with Gasteiger partial charge in [-0.1, -0.05) is 17.7 Å². The molecule has 0 saturated heterocycles. The lowest BCUT2D eigenvalue weighted by Crippen LogP contribution is -2.29. The fourth-order valence-corrected chi connectivity index (χ4v) is 3.18. The molecule has 0 radical (unpaired) electrons. The van der Waals surface area contributed by atoms with Gasteiger partial charge in [0.15, 0.2) is 11.6 Å². The molecule has 1 aromatic heterocycles. The molecule has 146 valence electrons. The Morgan fingerprint density at radius 2 is 1.93 bits per heavy atom.